The second-order valence-corrected chi connectivity index (χ2v) is 5.87. The number of likely N-dealkylation sites (tertiary alicyclic amines) is 1. The zero-order valence-corrected chi connectivity index (χ0v) is 13.2. The summed E-state index contributed by atoms with van der Waals surface area (Å²) in [6, 6.07) is 6.99. The predicted molar refractivity (Wildman–Crippen MR) is 86.7 cm³/mol. The molecule has 1 fully saturated rings. The Bertz CT molecular complexity index is 522. The van der Waals surface area contributed by atoms with Crippen LogP contribution >= 0.6 is 12.2 Å². The summed E-state index contributed by atoms with van der Waals surface area (Å²) in [4.78, 5) is 15.0. The van der Waals surface area contributed by atoms with Crippen LogP contribution in [-0.4, -0.2) is 48.6 Å². The van der Waals surface area contributed by atoms with Crippen LogP contribution in [0.25, 0.3) is 0 Å². The van der Waals surface area contributed by atoms with Crippen molar-refractivity contribution in [1.29, 1.82) is 0 Å². The highest BCUT2D eigenvalue weighted by atomic mass is 32.1. The third kappa shape index (κ3) is 3.51. The second-order valence-electron chi connectivity index (χ2n) is 5.43. The zero-order chi connectivity index (χ0) is 15.5. The number of amides is 1. The summed E-state index contributed by atoms with van der Waals surface area (Å²) in [5.41, 5.74) is 5.89. The average molecular weight is 307 g/mol. The smallest absolute Gasteiger partial charge is 0.252 e. The lowest BCUT2D eigenvalue weighted by atomic mass is 9.87. The largest absolute Gasteiger partial charge is 0.497 e. The van der Waals surface area contributed by atoms with Gasteiger partial charge in [0.15, 0.2) is 0 Å². The van der Waals surface area contributed by atoms with Gasteiger partial charge in [0.1, 0.15) is 5.75 Å². The number of carbonyl (C=O) groups is 1. The van der Waals surface area contributed by atoms with Crippen LogP contribution in [0.15, 0.2) is 24.3 Å². The Morgan fingerprint density at radius 3 is 2.38 bits per heavy atom. The molecule has 2 rings (SSSR count). The summed E-state index contributed by atoms with van der Waals surface area (Å²) in [5, 5.41) is 3.03. The minimum Gasteiger partial charge on any atom is -0.497 e. The van der Waals surface area contributed by atoms with Crippen molar-refractivity contribution in [2.75, 3.05) is 27.2 Å². The van der Waals surface area contributed by atoms with Gasteiger partial charge in [-0.2, -0.15) is 0 Å². The van der Waals surface area contributed by atoms with E-state index in [9.17, 15) is 4.79 Å². The Hall–Kier alpha value is -1.66. The van der Waals surface area contributed by atoms with Crippen LogP contribution in [0.3, 0.4) is 0 Å². The number of rotatable bonds is 4. The summed E-state index contributed by atoms with van der Waals surface area (Å²) in [6.45, 7) is 1.72. The summed E-state index contributed by atoms with van der Waals surface area (Å²) in [7, 11) is 3.64. The number of carbonyl (C=O) groups excluding carboxylic acids is 1. The summed E-state index contributed by atoms with van der Waals surface area (Å²) < 4.78 is 5.09. The van der Waals surface area contributed by atoms with Gasteiger partial charge in [-0.25, -0.2) is 0 Å². The molecule has 3 N–H and O–H groups in total. The van der Waals surface area contributed by atoms with Crippen molar-refractivity contribution in [3.8, 4) is 5.75 Å². The van der Waals surface area contributed by atoms with E-state index in [0.717, 1.165) is 31.7 Å². The van der Waals surface area contributed by atoms with Gasteiger partial charge in [-0.05, 0) is 44.2 Å². The molecule has 0 saturated carbocycles. The number of nitrogens with zero attached hydrogens (tertiary/aromatic N) is 1. The molecule has 1 aromatic rings. The molecule has 1 aliphatic rings. The highest BCUT2D eigenvalue weighted by Gasteiger charge is 2.38. The number of methoxy groups -OCH3 is 1. The first-order valence-electron chi connectivity index (χ1n) is 6.92. The number of piperidine rings is 1. The summed E-state index contributed by atoms with van der Waals surface area (Å²) >= 11 is 5.20. The van der Waals surface area contributed by atoms with Crippen molar-refractivity contribution >= 4 is 23.1 Å². The number of thiocarbonyl (C=S) groups is 1. The second kappa shape index (κ2) is 6.41. The van der Waals surface area contributed by atoms with E-state index in [2.05, 4.69) is 17.3 Å². The molecule has 1 saturated heterocycles. The fourth-order valence-corrected chi connectivity index (χ4v) is 2.72. The van der Waals surface area contributed by atoms with Crippen LogP contribution < -0.4 is 15.8 Å². The first-order valence-corrected chi connectivity index (χ1v) is 7.33. The van der Waals surface area contributed by atoms with Crippen molar-refractivity contribution in [3.63, 3.8) is 0 Å². The van der Waals surface area contributed by atoms with Crippen LogP contribution in [0.4, 0.5) is 0 Å². The standard InChI is InChI=1S/C15H21N3O2S/c1-18-9-7-15(8-10-18,14(16)21)17-13(19)11-3-5-12(20-2)6-4-11/h3-6H,7-10H2,1-2H3,(H2,16,21)(H,17,19). The normalized spacial score (nSPS) is 18.0. The fourth-order valence-electron chi connectivity index (χ4n) is 2.47. The molecule has 0 unspecified atom stereocenters. The highest BCUT2D eigenvalue weighted by molar-refractivity contribution is 7.80. The number of nitrogens with two attached hydrogens (primary N) is 1. The van der Waals surface area contributed by atoms with E-state index in [-0.39, 0.29) is 5.91 Å². The molecular formula is C15H21N3O2S. The zero-order valence-electron chi connectivity index (χ0n) is 12.4. The van der Waals surface area contributed by atoms with Gasteiger partial charge in [0.05, 0.1) is 17.6 Å². The van der Waals surface area contributed by atoms with Crippen molar-refractivity contribution in [3.05, 3.63) is 29.8 Å². The maximum Gasteiger partial charge on any atom is 0.252 e. The molecule has 0 aromatic heterocycles. The van der Waals surface area contributed by atoms with Gasteiger partial charge in [-0.3, -0.25) is 4.79 Å². The summed E-state index contributed by atoms with van der Waals surface area (Å²) in [6.07, 6.45) is 1.47. The first kappa shape index (κ1) is 15.7. The lowest BCUT2D eigenvalue weighted by Crippen LogP contribution is -2.61. The lowest BCUT2D eigenvalue weighted by molar-refractivity contribution is 0.0890. The van der Waals surface area contributed by atoms with Crippen molar-refractivity contribution in [2.45, 2.75) is 18.4 Å². The molecule has 0 aliphatic carbocycles. The maximum atomic E-state index is 12.4. The van der Waals surface area contributed by atoms with E-state index in [1.54, 1.807) is 31.4 Å². The molecule has 1 amide bonds. The minimum absolute atomic E-state index is 0.157. The molecule has 21 heavy (non-hydrogen) atoms. The highest BCUT2D eigenvalue weighted by Crippen LogP contribution is 2.23. The first-order chi connectivity index (χ1) is 9.97. The van der Waals surface area contributed by atoms with Crippen LogP contribution in [0, 0.1) is 0 Å². The van der Waals surface area contributed by atoms with E-state index in [4.69, 9.17) is 22.7 Å². The van der Waals surface area contributed by atoms with E-state index < -0.39 is 5.54 Å². The average Bonchev–Trinajstić information content (AvgIpc) is 2.49. The minimum atomic E-state index is -0.584. The molecule has 0 spiro atoms. The fraction of sp³-hybridized carbons (Fsp3) is 0.467. The van der Waals surface area contributed by atoms with Crippen molar-refractivity contribution in [1.82, 2.24) is 10.2 Å². The van der Waals surface area contributed by atoms with E-state index in [1.165, 1.54) is 0 Å². The summed E-state index contributed by atoms with van der Waals surface area (Å²) in [5.74, 6) is 0.560. The molecule has 1 aliphatic heterocycles. The van der Waals surface area contributed by atoms with Gasteiger partial charge in [0.2, 0.25) is 0 Å². The molecule has 6 heteroatoms. The Balaban J connectivity index is 2.12. The van der Waals surface area contributed by atoms with Crippen LogP contribution in [0.1, 0.15) is 23.2 Å². The monoisotopic (exact) mass is 307 g/mol. The number of benzene rings is 1. The van der Waals surface area contributed by atoms with Crippen molar-refractivity contribution in [2.24, 2.45) is 5.73 Å². The van der Waals surface area contributed by atoms with Crippen LogP contribution in [0.2, 0.25) is 0 Å². The SMILES string of the molecule is COc1ccc(C(=O)NC2(C(N)=S)CCN(C)CC2)cc1. The molecule has 0 atom stereocenters. The molecule has 5 nitrogen and oxygen atoms in total. The number of ether oxygens (including phenoxy) is 1. The Morgan fingerprint density at radius 2 is 1.90 bits per heavy atom. The molecule has 0 radical (unpaired) electrons. The third-order valence-electron chi connectivity index (χ3n) is 4.02. The number of nitrogens with one attached hydrogen (secondary N) is 1. The van der Waals surface area contributed by atoms with Gasteiger partial charge in [0, 0.05) is 18.7 Å². The van der Waals surface area contributed by atoms with E-state index in [1.807, 2.05) is 0 Å². The molecule has 0 bridgehead atoms. The van der Waals surface area contributed by atoms with E-state index >= 15 is 0 Å². The van der Waals surface area contributed by atoms with E-state index in [0.29, 0.717) is 10.6 Å². The number of hydrogen-bond acceptors (Lipinski definition) is 4. The van der Waals surface area contributed by atoms with Gasteiger partial charge in [0.25, 0.3) is 5.91 Å². The van der Waals surface area contributed by atoms with Crippen LogP contribution in [0.5, 0.6) is 5.75 Å². The molecular weight excluding hydrogens is 286 g/mol. The Kier molecular flexibility index (Phi) is 4.80. The number of hydrogen-bond donors (Lipinski definition) is 2. The maximum absolute atomic E-state index is 12.4. The quantitative estimate of drug-likeness (QED) is 0.818. The molecule has 1 heterocycles. The van der Waals surface area contributed by atoms with Gasteiger partial charge in [-0.15, -0.1) is 0 Å². The van der Waals surface area contributed by atoms with Crippen LogP contribution in [-0.2, 0) is 0 Å². The van der Waals surface area contributed by atoms with Crippen molar-refractivity contribution < 1.29 is 9.53 Å². The molecule has 114 valence electrons. The Morgan fingerprint density at radius 1 is 1.33 bits per heavy atom. The third-order valence-corrected chi connectivity index (χ3v) is 4.41. The molecule has 1 aromatic carbocycles. The predicted octanol–water partition coefficient (Wildman–Crippen LogP) is 1.18. The van der Waals surface area contributed by atoms with Gasteiger partial charge in [-0.1, -0.05) is 12.2 Å². The lowest BCUT2D eigenvalue weighted by Gasteiger charge is -2.40. The van der Waals surface area contributed by atoms with Gasteiger partial charge < -0.3 is 20.7 Å². The van der Waals surface area contributed by atoms with Gasteiger partial charge >= 0.3 is 0 Å². The topological polar surface area (TPSA) is 67.6 Å². The Labute approximate surface area is 130 Å².